The first-order chi connectivity index (χ1) is 14.8. The quantitative estimate of drug-likeness (QED) is 0.156. The van der Waals surface area contributed by atoms with E-state index in [-0.39, 0.29) is 24.7 Å². The van der Waals surface area contributed by atoms with Gasteiger partial charge in [-0.05, 0) is 31.1 Å². The second-order valence-corrected chi connectivity index (χ2v) is 8.50. The third-order valence-electron chi connectivity index (χ3n) is 4.48. The maximum absolute atomic E-state index is 12.6. The van der Waals surface area contributed by atoms with Crippen molar-refractivity contribution in [1.82, 2.24) is 16.0 Å². The molecule has 12 heteroatoms. The van der Waals surface area contributed by atoms with Crippen LogP contribution in [0.4, 0.5) is 0 Å². The lowest BCUT2D eigenvalue weighted by Gasteiger charge is -2.25. The van der Waals surface area contributed by atoms with Gasteiger partial charge >= 0.3 is 11.9 Å². The molecule has 0 saturated carbocycles. The van der Waals surface area contributed by atoms with E-state index in [0.717, 1.165) is 0 Å². The molecular formula is C20H36N4O8. The average molecular weight is 461 g/mol. The van der Waals surface area contributed by atoms with Crippen molar-refractivity contribution in [2.75, 3.05) is 6.61 Å². The molecule has 0 saturated heterocycles. The second-order valence-electron chi connectivity index (χ2n) is 8.50. The first-order valence-electron chi connectivity index (χ1n) is 10.5. The third kappa shape index (κ3) is 11.6. The van der Waals surface area contributed by atoms with E-state index in [1.54, 1.807) is 13.8 Å². The van der Waals surface area contributed by atoms with Gasteiger partial charge in [-0.2, -0.15) is 0 Å². The zero-order valence-electron chi connectivity index (χ0n) is 19.0. The maximum Gasteiger partial charge on any atom is 0.326 e. The molecule has 0 aromatic heterocycles. The number of carbonyl (C=O) groups excluding carboxylic acids is 3. The summed E-state index contributed by atoms with van der Waals surface area (Å²) >= 11 is 0. The predicted molar refractivity (Wildman–Crippen MR) is 114 cm³/mol. The van der Waals surface area contributed by atoms with Gasteiger partial charge in [-0.3, -0.25) is 19.2 Å². The van der Waals surface area contributed by atoms with Gasteiger partial charge in [-0.1, -0.05) is 27.7 Å². The van der Waals surface area contributed by atoms with E-state index in [1.807, 2.05) is 13.8 Å². The molecule has 0 rings (SSSR count). The smallest absolute Gasteiger partial charge is 0.326 e. The van der Waals surface area contributed by atoms with E-state index in [2.05, 4.69) is 16.0 Å². The Balaban J connectivity index is 5.26. The molecule has 184 valence electrons. The first-order valence-corrected chi connectivity index (χ1v) is 10.5. The normalized spacial score (nSPS) is 14.9. The van der Waals surface area contributed by atoms with Gasteiger partial charge in [-0.15, -0.1) is 0 Å². The Morgan fingerprint density at radius 3 is 1.66 bits per heavy atom. The molecule has 0 radical (unpaired) electrons. The van der Waals surface area contributed by atoms with Crippen LogP contribution in [0.5, 0.6) is 0 Å². The van der Waals surface area contributed by atoms with Crippen molar-refractivity contribution in [3.8, 4) is 0 Å². The molecule has 3 amide bonds. The van der Waals surface area contributed by atoms with E-state index in [0.29, 0.717) is 6.42 Å². The zero-order valence-corrected chi connectivity index (χ0v) is 19.0. The highest BCUT2D eigenvalue weighted by atomic mass is 16.4. The number of hydrogen-bond acceptors (Lipinski definition) is 7. The van der Waals surface area contributed by atoms with E-state index in [9.17, 15) is 34.2 Å². The van der Waals surface area contributed by atoms with Crippen LogP contribution in [0.2, 0.25) is 0 Å². The SMILES string of the molecule is CC(C)CC(N)C(=O)NC(CO)C(=O)NC(CC(C)C)C(=O)NC(CCC(=O)O)C(=O)O. The lowest BCUT2D eigenvalue weighted by Crippen LogP contribution is -2.58. The number of amides is 3. The molecule has 0 aliphatic carbocycles. The summed E-state index contributed by atoms with van der Waals surface area (Å²) in [6, 6.07) is -4.85. The van der Waals surface area contributed by atoms with Gasteiger partial charge in [0.1, 0.15) is 18.1 Å². The maximum atomic E-state index is 12.6. The van der Waals surface area contributed by atoms with Crippen LogP contribution >= 0.6 is 0 Å². The highest BCUT2D eigenvalue weighted by molar-refractivity contribution is 5.94. The van der Waals surface area contributed by atoms with E-state index < -0.39 is 66.9 Å². The van der Waals surface area contributed by atoms with Crippen LogP contribution < -0.4 is 21.7 Å². The van der Waals surface area contributed by atoms with Crippen molar-refractivity contribution < 1.29 is 39.3 Å². The number of rotatable bonds is 15. The van der Waals surface area contributed by atoms with Gasteiger partial charge in [0.15, 0.2) is 0 Å². The summed E-state index contributed by atoms with van der Waals surface area (Å²) in [7, 11) is 0. The number of nitrogens with one attached hydrogen (secondary N) is 3. The summed E-state index contributed by atoms with van der Waals surface area (Å²) in [6.45, 7) is 6.57. The van der Waals surface area contributed by atoms with Crippen molar-refractivity contribution in [2.24, 2.45) is 17.6 Å². The Morgan fingerprint density at radius 1 is 0.750 bits per heavy atom. The second kappa shape index (κ2) is 14.4. The molecule has 4 atom stereocenters. The summed E-state index contributed by atoms with van der Waals surface area (Å²) in [4.78, 5) is 59.4. The molecule has 0 aliphatic heterocycles. The number of carboxylic acid groups (broad SMARTS) is 2. The largest absolute Gasteiger partial charge is 0.481 e. The van der Waals surface area contributed by atoms with Crippen molar-refractivity contribution >= 4 is 29.7 Å². The van der Waals surface area contributed by atoms with E-state index in [1.165, 1.54) is 0 Å². The number of hydrogen-bond donors (Lipinski definition) is 7. The van der Waals surface area contributed by atoms with Crippen molar-refractivity contribution in [1.29, 1.82) is 0 Å². The summed E-state index contributed by atoms with van der Waals surface area (Å²) in [5, 5.41) is 34.5. The van der Waals surface area contributed by atoms with Crippen LogP contribution in [0.15, 0.2) is 0 Å². The lowest BCUT2D eigenvalue weighted by atomic mass is 10.0. The summed E-state index contributed by atoms with van der Waals surface area (Å²) in [5.74, 6) is -4.84. The monoisotopic (exact) mass is 460 g/mol. The van der Waals surface area contributed by atoms with Crippen LogP contribution in [0, 0.1) is 11.8 Å². The Labute approximate surface area is 187 Å². The Kier molecular flexibility index (Phi) is 13.1. The minimum atomic E-state index is -1.45. The molecule has 8 N–H and O–H groups in total. The Morgan fingerprint density at radius 2 is 1.22 bits per heavy atom. The van der Waals surface area contributed by atoms with Crippen LogP contribution in [0.3, 0.4) is 0 Å². The number of carboxylic acids is 2. The molecule has 0 spiro atoms. The molecule has 32 heavy (non-hydrogen) atoms. The van der Waals surface area contributed by atoms with E-state index >= 15 is 0 Å². The van der Waals surface area contributed by atoms with E-state index in [4.69, 9.17) is 10.8 Å². The molecule has 0 aliphatic rings. The minimum absolute atomic E-state index is 0.0741. The standard InChI is InChI=1S/C20H36N4O8/c1-10(2)7-12(21)17(28)24-15(9-25)19(30)23-14(8-11(3)4)18(29)22-13(20(31)32)5-6-16(26)27/h10-15,25H,5-9,21H2,1-4H3,(H,22,29)(H,23,30)(H,24,28)(H,26,27)(H,31,32). The highest BCUT2D eigenvalue weighted by Gasteiger charge is 2.30. The van der Waals surface area contributed by atoms with Crippen LogP contribution in [-0.4, -0.2) is 75.8 Å². The van der Waals surface area contributed by atoms with Gasteiger partial charge in [-0.25, -0.2) is 4.79 Å². The molecule has 0 aromatic carbocycles. The first kappa shape index (κ1) is 29.3. The van der Waals surface area contributed by atoms with Gasteiger partial charge in [0.25, 0.3) is 0 Å². The molecule has 0 aromatic rings. The topological polar surface area (TPSA) is 208 Å². The zero-order chi connectivity index (χ0) is 25.0. The van der Waals surface area contributed by atoms with Gasteiger partial charge in [0.05, 0.1) is 12.6 Å². The van der Waals surface area contributed by atoms with Crippen LogP contribution in [-0.2, 0) is 24.0 Å². The van der Waals surface area contributed by atoms with Gasteiger partial charge in [0, 0.05) is 6.42 Å². The summed E-state index contributed by atoms with van der Waals surface area (Å²) in [6.07, 6.45) is -0.284. The number of aliphatic hydroxyl groups is 1. The predicted octanol–water partition coefficient (Wildman–Crippen LogP) is -1.20. The number of aliphatic carboxylic acids is 2. The lowest BCUT2D eigenvalue weighted by molar-refractivity contribution is -0.143. The van der Waals surface area contributed by atoms with Crippen LogP contribution in [0.1, 0.15) is 53.4 Å². The molecule has 4 unspecified atom stereocenters. The minimum Gasteiger partial charge on any atom is -0.481 e. The fraction of sp³-hybridized carbons (Fsp3) is 0.750. The molecule has 0 heterocycles. The summed E-state index contributed by atoms with van der Waals surface area (Å²) < 4.78 is 0. The fourth-order valence-electron chi connectivity index (χ4n) is 2.86. The highest BCUT2D eigenvalue weighted by Crippen LogP contribution is 2.08. The summed E-state index contributed by atoms with van der Waals surface area (Å²) in [5.41, 5.74) is 5.78. The van der Waals surface area contributed by atoms with Crippen LogP contribution in [0.25, 0.3) is 0 Å². The average Bonchev–Trinajstić information content (AvgIpc) is 2.66. The van der Waals surface area contributed by atoms with Crippen molar-refractivity contribution in [2.45, 2.75) is 77.5 Å². The number of aliphatic hydroxyl groups excluding tert-OH is 1. The Hall–Kier alpha value is -2.73. The van der Waals surface area contributed by atoms with Gasteiger partial charge in [0.2, 0.25) is 17.7 Å². The van der Waals surface area contributed by atoms with Gasteiger partial charge < -0.3 is 37.0 Å². The number of nitrogens with two attached hydrogens (primary N) is 1. The fourth-order valence-corrected chi connectivity index (χ4v) is 2.86. The molecule has 0 fully saturated rings. The van der Waals surface area contributed by atoms with Crippen molar-refractivity contribution in [3.63, 3.8) is 0 Å². The number of carbonyl (C=O) groups is 5. The molecule has 0 bridgehead atoms. The third-order valence-corrected chi connectivity index (χ3v) is 4.48. The molecule has 12 nitrogen and oxygen atoms in total. The molecular weight excluding hydrogens is 424 g/mol. The van der Waals surface area contributed by atoms with Crippen molar-refractivity contribution in [3.05, 3.63) is 0 Å². The Bertz CT molecular complexity index is 668.